The van der Waals surface area contributed by atoms with Gasteiger partial charge in [0.1, 0.15) is 0 Å². The first-order chi connectivity index (χ1) is 8.16. The Kier molecular flexibility index (Phi) is 6.38. The highest BCUT2D eigenvalue weighted by Gasteiger charge is 2.13. The van der Waals surface area contributed by atoms with Gasteiger partial charge in [-0.1, -0.05) is 55.5 Å². The third-order valence-electron chi connectivity index (χ3n) is 2.51. The van der Waals surface area contributed by atoms with Crippen LogP contribution in [-0.2, 0) is 0 Å². The van der Waals surface area contributed by atoms with Gasteiger partial charge in [0.25, 0.3) is 5.91 Å². The van der Waals surface area contributed by atoms with E-state index in [4.69, 9.17) is 23.2 Å². The summed E-state index contributed by atoms with van der Waals surface area (Å²) in [6.45, 7) is 2.82. The Morgan fingerprint density at radius 1 is 1.18 bits per heavy atom. The lowest BCUT2D eigenvalue weighted by Crippen LogP contribution is -2.25. The maximum absolute atomic E-state index is 11.8. The molecule has 1 amide bonds. The van der Waals surface area contributed by atoms with Crippen LogP contribution >= 0.6 is 23.2 Å². The summed E-state index contributed by atoms with van der Waals surface area (Å²) in [4.78, 5) is 11.8. The van der Waals surface area contributed by atoms with Crippen LogP contribution in [0.25, 0.3) is 0 Å². The Balaban J connectivity index is 2.47. The normalized spacial score (nSPS) is 10.3. The maximum atomic E-state index is 11.8. The van der Waals surface area contributed by atoms with Crippen LogP contribution in [0.1, 0.15) is 43.0 Å². The number of rotatable bonds is 6. The number of hydrogen-bond donors (Lipinski definition) is 1. The smallest absolute Gasteiger partial charge is 0.254 e. The molecule has 0 fully saturated rings. The summed E-state index contributed by atoms with van der Waals surface area (Å²) in [6.07, 6.45) is 4.50. The van der Waals surface area contributed by atoms with Crippen molar-refractivity contribution in [2.24, 2.45) is 0 Å². The van der Waals surface area contributed by atoms with E-state index < -0.39 is 0 Å². The lowest BCUT2D eigenvalue weighted by Gasteiger charge is -2.08. The Bertz CT molecular complexity index is 359. The van der Waals surface area contributed by atoms with Crippen LogP contribution in [-0.4, -0.2) is 12.5 Å². The SMILES string of the molecule is CCCCCCNC(=O)c1c(Cl)cccc1Cl. The highest BCUT2D eigenvalue weighted by Crippen LogP contribution is 2.23. The zero-order valence-corrected chi connectivity index (χ0v) is 11.4. The van der Waals surface area contributed by atoms with Crippen LogP contribution in [0.4, 0.5) is 0 Å². The second kappa shape index (κ2) is 7.57. The molecule has 2 nitrogen and oxygen atoms in total. The summed E-state index contributed by atoms with van der Waals surface area (Å²) < 4.78 is 0. The van der Waals surface area contributed by atoms with Gasteiger partial charge in [0, 0.05) is 6.54 Å². The predicted octanol–water partition coefficient (Wildman–Crippen LogP) is 4.30. The van der Waals surface area contributed by atoms with E-state index >= 15 is 0 Å². The summed E-state index contributed by atoms with van der Waals surface area (Å²) >= 11 is 11.9. The van der Waals surface area contributed by atoms with Crippen LogP contribution in [0.3, 0.4) is 0 Å². The van der Waals surface area contributed by atoms with Crippen molar-refractivity contribution in [3.63, 3.8) is 0 Å². The van der Waals surface area contributed by atoms with Gasteiger partial charge >= 0.3 is 0 Å². The minimum atomic E-state index is -0.197. The van der Waals surface area contributed by atoms with Gasteiger partial charge in [-0.15, -0.1) is 0 Å². The summed E-state index contributed by atoms with van der Waals surface area (Å²) in [5, 5.41) is 3.62. The molecule has 0 unspecified atom stereocenters. The average Bonchev–Trinajstić information content (AvgIpc) is 2.28. The first kappa shape index (κ1) is 14.3. The third-order valence-corrected chi connectivity index (χ3v) is 3.14. The van der Waals surface area contributed by atoms with Gasteiger partial charge in [-0.25, -0.2) is 0 Å². The lowest BCUT2D eigenvalue weighted by molar-refractivity contribution is 0.0953. The lowest BCUT2D eigenvalue weighted by atomic mass is 10.2. The molecule has 0 spiro atoms. The van der Waals surface area contributed by atoms with E-state index in [9.17, 15) is 4.79 Å². The summed E-state index contributed by atoms with van der Waals surface area (Å²) in [5.41, 5.74) is 0.367. The van der Waals surface area contributed by atoms with Gasteiger partial charge in [-0.3, -0.25) is 4.79 Å². The number of carbonyl (C=O) groups is 1. The van der Waals surface area contributed by atoms with E-state index in [1.807, 2.05) is 0 Å². The third kappa shape index (κ3) is 4.57. The molecule has 0 saturated carbocycles. The number of nitrogens with one attached hydrogen (secondary N) is 1. The predicted molar refractivity (Wildman–Crippen MR) is 72.9 cm³/mol. The van der Waals surface area contributed by atoms with Gasteiger partial charge in [-0.05, 0) is 18.6 Å². The molecule has 0 aromatic heterocycles. The van der Waals surface area contributed by atoms with Crippen molar-refractivity contribution in [3.05, 3.63) is 33.8 Å². The number of benzene rings is 1. The molecule has 0 aliphatic carbocycles. The molecule has 0 saturated heterocycles. The molecule has 0 radical (unpaired) electrons. The van der Waals surface area contributed by atoms with E-state index in [2.05, 4.69) is 12.2 Å². The van der Waals surface area contributed by atoms with Crippen LogP contribution < -0.4 is 5.32 Å². The zero-order chi connectivity index (χ0) is 12.7. The van der Waals surface area contributed by atoms with Crippen molar-refractivity contribution in [3.8, 4) is 0 Å². The number of halogens is 2. The Morgan fingerprint density at radius 2 is 1.82 bits per heavy atom. The van der Waals surface area contributed by atoms with Crippen LogP contribution in [0.2, 0.25) is 10.0 Å². The molecular weight excluding hydrogens is 257 g/mol. The number of amides is 1. The van der Waals surface area contributed by atoms with Crippen LogP contribution in [0, 0.1) is 0 Å². The maximum Gasteiger partial charge on any atom is 0.254 e. The number of carbonyl (C=O) groups excluding carboxylic acids is 1. The monoisotopic (exact) mass is 273 g/mol. The van der Waals surface area contributed by atoms with Gasteiger partial charge in [0.15, 0.2) is 0 Å². The first-order valence-corrected chi connectivity index (χ1v) is 6.64. The quantitative estimate of drug-likeness (QED) is 0.770. The molecule has 1 rings (SSSR count). The molecule has 0 aliphatic rings. The van der Waals surface area contributed by atoms with Crippen molar-refractivity contribution in [2.45, 2.75) is 32.6 Å². The molecular formula is C13H17Cl2NO. The standard InChI is InChI=1S/C13H17Cl2NO/c1-2-3-4-5-9-16-13(17)12-10(14)7-6-8-11(12)15/h6-8H,2-5,9H2,1H3,(H,16,17). The van der Waals surface area contributed by atoms with E-state index in [0.29, 0.717) is 22.2 Å². The fourth-order valence-corrected chi connectivity index (χ4v) is 2.13. The molecule has 0 aliphatic heterocycles. The summed E-state index contributed by atoms with van der Waals surface area (Å²) in [5.74, 6) is -0.197. The molecule has 0 atom stereocenters. The highest BCUT2D eigenvalue weighted by atomic mass is 35.5. The zero-order valence-electron chi connectivity index (χ0n) is 9.93. The van der Waals surface area contributed by atoms with Crippen molar-refractivity contribution in [2.75, 3.05) is 6.54 Å². The van der Waals surface area contributed by atoms with E-state index in [-0.39, 0.29) is 5.91 Å². The molecule has 17 heavy (non-hydrogen) atoms. The second-order valence-electron chi connectivity index (χ2n) is 3.91. The molecule has 0 bridgehead atoms. The van der Waals surface area contributed by atoms with E-state index in [1.54, 1.807) is 18.2 Å². The van der Waals surface area contributed by atoms with E-state index in [1.165, 1.54) is 12.8 Å². The van der Waals surface area contributed by atoms with Gasteiger partial charge < -0.3 is 5.32 Å². The minimum Gasteiger partial charge on any atom is -0.352 e. The van der Waals surface area contributed by atoms with Crippen LogP contribution in [0.5, 0.6) is 0 Å². The number of unbranched alkanes of at least 4 members (excludes halogenated alkanes) is 3. The largest absolute Gasteiger partial charge is 0.352 e. The Hall–Kier alpha value is -0.730. The van der Waals surface area contributed by atoms with Crippen LogP contribution in [0.15, 0.2) is 18.2 Å². The highest BCUT2D eigenvalue weighted by molar-refractivity contribution is 6.39. The average molecular weight is 274 g/mol. The summed E-state index contributed by atoms with van der Waals surface area (Å²) in [6, 6.07) is 5.06. The van der Waals surface area contributed by atoms with Crippen molar-refractivity contribution in [1.29, 1.82) is 0 Å². The fraction of sp³-hybridized carbons (Fsp3) is 0.462. The van der Waals surface area contributed by atoms with Gasteiger partial charge in [-0.2, -0.15) is 0 Å². The van der Waals surface area contributed by atoms with Gasteiger partial charge in [0.05, 0.1) is 15.6 Å². The van der Waals surface area contributed by atoms with Crippen molar-refractivity contribution in [1.82, 2.24) is 5.32 Å². The molecule has 94 valence electrons. The minimum absolute atomic E-state index is 0.197. The van der Waals surface area contributed by atoms with Crippen molar-refractivity contribution < 1.29 is 4.79 Å². The molecule has 1 aromatic carbocycles. The molecule has 0 heterocycles. The topological polar surface area (TPSA) is 29.1 Å². The fourth-order valence-electron chi connectivity index (χ4n) is 1.56. The molecule has 1 N–H and O–H groups in total. The van der Waals surface area contributed by atoms with Gasteiger partial charge in [0.2, 0.25) is 0 Å². The Labute approximate surface area is 112 Å². The summed E-state index contributed by atoms with van der Waals surface area (Å²) in [7, 11) is 0. The first-order valence-electron chi connectivity index (χ1n) is 5.89. The van der Waals surface area contributed by atoms with Crippen molar-refractivity contribution >= 4 is 29.1 Å². The molecule has 1 aromatic rings. The Morgan fingerprint density at radius 3 is 2.41 bits per heavy atom. The van der Waals surface area contributed by atoms with E-state index in [0.717, 1.165) is 12.8 Å². The second-order valence-corrected chi connectivity index (χ2v) is 4.73. The number of hydrogen-bond acceptors (Lipinski definition) is 1. The molecule has 4 heteroatoms.